The Morgan fingerprint density at radius 1 is 0.880 bits per heavy atom. The molecular weight excluding hydrogens is 336 g/mol. The number of hydrogen-bond donors (Lipinski definition) is 1. The summed E-state index contributed by atoms with van der Waals surface area (Å²) in [7, 11) is -4.34. The van der Waals surface area contributed by atoms with Crippen LogP contribution in [0.25, 0.3) is 0 Å². The molecule has 0 amide bonds. The average molecular weight is 362 g/mol. The van der Waals surface area contributed by atoms with Crippen molar-refractivity contribution in [3.05, 3.63) is 54.1 Å². The van der Waals surface area contributed by atoms with Gasteiger partial charge in [0, 0.05) is 0 Å². The number of ether oxygens (including phenoxy) is 1. The highest BCUT2D eigenvalue weighted by Gasteiger charge is 2.20. The molecule has 0 aliphatic heterocycles. The molecule has 0 aliphatic carbocycles. The van der Waals surface area contributed by atoms with Crippen LogP contribution in [0, 0.1) is 0 Å². The van der Waals surface area contributed by atoms with Crippen molar-refractivity contribution in [2.24, 2.45) is 0 Å². The SMILES string of the molecule is CCCCCCCCc1cccc(S(=O)(=O)O)c1Oc1ccccc1. The highest BCUT2D eigenvalue weighted by Crippen LogP contribution is 2.33. The van der Waals surface area contributed by atoms with Crippen LogP contribution in [0.15, 0.2) is 53.4 Å². The van der Waals surface area contributed by atoms with Gasteiger partial charge in [0.25, 0.3) is 10.1 Å². The Balaban J connectivity index is 2.17. The lowest BCUT2D eigenvalue weighted by Gasteiger charge is -2.14. The predicted molar refractivity (Wildman–Crippen MR) is 99.9 cm³/mol. The Kier molecular flexibility index (Phi) is 7.47. The molecule has 0 heterocycles. The fourth-order valence-corrected chi connectivity index (χ4v) is 3.44. The molecule has 136 valence electrons. The molecule has 2 aromatic carbocycles. The van der Waals surface area contributed by atoms with Gasteiger partial charge in [-0.05, 0) is 36.6 Å². The predicted octanol–water partition coefficient (Wildman–Crippen LogP) is 5.63. The molecule has 0 saturated heterocycles. The second-order valence-electron chi connectivity index (χ2n) is 6.15. The van der Waals surface area contributed by atoms with Crippen molar-refractivity contribution in [2.75, 3.05) is 0 Å². The van der Waals surface area contributed by atoms with E-state index in [1.165, 1.54) is 31.7 Å². The highest BCUT2D eigenvalue weighted by molar-refractivity contribution is 7.86. The van der Waals surface area contributed by atoms with E-state index >= 15 is 0 Å². The molecule has 0 saturated carbocycles. The minimum atomic E-state index is -4.34. The molecule has 1 N–H and O–H groups in total. The van der Waals surface area contributed by atoms with Crippen LogP contribution in [0.4, 0.5) is 0 Å². The van der Waals surface area contributed by atoms with Gasteiger partial charge < -0.3 is 4.74 Å². The molecule has 0 radical (unpaired) electrons. The van der Waals surface area contributed by atoms with Gasteiger partial charge in [-0.15, -0.1) is 0 Å². The van der Waals surface area contributed by atoms with Crippen LogP contribution in [-0.2, 0) is 16.5 Å². The maximum absolute atomic E-state index is 11.7. The van der Waals surface area contributed by atoms with E-state index < -0.39 is 10.1 Å². The number of hydrogen-bond acceptors (Lipinski definition) is 3. The lowest BCUT2D eigenvalue weighted by atomic mass is 10.0. The zero-order valence-corrected chi connectivity index (χ0v) is 15.5. The summed E-state index contributed by atoms with van der Waals surface area (Å²) < 4.78 is 38.8. The smallest absolute Gasteiger partial charge is 0.298 e. The maximum Gasteiger partial charge on any atom is 0.298 e. The zero-order chi connectivity index (χ0) is 18.1. The lowest BCUT2D eigenvalue weighted by molar-refractivity contribution is 0.444. The van der Waals surface area contributed by atoms with E-state index in [4.69, 9.17) is 4.74 Å². The topological polar surface area (TPSA) is 63.6 Å². The molecule has 0 fully saturated rings. The van der Waals surface area contributed by atoms with Crippen molar-refractivity contribution in [1.82, 2.24) is 0 Å². The second kappa shape index (κ2) is 9.59. The summed E-state index contributed by atoms with van der Waals surface area (Å²) in [6.07, 6.45) is 7.66. The molecule has 4 nitrogen and oxygen atoms in total. The van der Waals surface area contributed by atoms with Crippen molar-refractivity contribution in [1.29, 1.82) is 0 Å². The lowest BCUT2D eigenvalue weighted by Crippen LogP contribution is -2.04. The maximum atomic E-state index is 11.7. The Bertz CT molecular complexity index is 755. The van der Waals surface area contributed by atoms with Gasteiger partial charge in [0.1, 0.15) is 10.6 Å². The number of aryl methyl sites for hydroxylation is 1. The van der Waals surface area contributed by atoms with E-state index in [9.17, 15) is 13.0 Å². The standard InChI is InChI=1S/C20H26O4S/c1-2-3-4-5-6-8-12-17-13-11-16-19(25(21,22)23)20(17)24-18-14-9-7-10-15-18/h7,9-11,13-16H,2-6,8,12H2,1H3,(H,21,22,23). The Morgan fingerprint density at radius 2 is 1.56 bits per heavy atom. The van der Waals surface area contributed by atoms with Crippen molar-refractivity contribution < 1.29 is 17.7 Å². The van der Waals surface area contributed by atoms with Crippen LogP contribution in [0.1, 0.15) is 51.0 Å². The van der Waals surface area contributed by atoms with Crippen LogP contribution in [0.5, 0.6) is 11.5 Å². The summed E-state index contributed by atoms with van der Waals surface area (Å²) in [6.45, 7) is 2.19. The van der Waals surface area contributed by atoms with Gasteiger partial charge in [-0.1, -0.05) is 69.4 Å². The minimum absolute atomic E-state index is 0.181. The Labute approximate surface area is 150 Å². The van der Waals surface area contributed by atoms with Gasteiger partial charge in [-0.2, -0.15) is 8.42 Å². The molecule has 2 aromatic rings. The summed E-state index contributed by atoms with van der Waals surface area (Å²) in [4.78, 5) is -0.181. The number of unbranched alkanes of at least 4 members (excludes halogenated alkanes) is 5. The third-order valence-corrected chi connectivity index (χ3v) is 4.98. The van der Waals surface area contributed by atoms with Crippen LogP contribution in [0.3, 0.4) is 0 Å². The first-order valence-corrected chi connectivity index (χ1v) is 10.3. The van der Waals surface area contributed by atoms with E-state index in [0.717, 1.165) is 24.8 Å². The van der Waals surface area contributed by atoms with Crippen LogP contribution >= 0.6 is 0 Å². The normalized spacial score (nSPS) is 11.4. The van der Waals surface area contributed by atoms with Crippen LogP contribution in [0.2, 0.25) is 0 Å². The molecule has 0 unspecified atom stereocenters. The fraction of sp³-hybridized carbons (Fsp3) is 0.400. The summed E-state index contributed by atoms with van der Waals surface area (Å²) in [5.41, 5.74) is 0.800. The first-order chi connectivity index (χ1) is 12.0. The summed E-state index contributed by atoms with van der Waals surface area (Å²) >= 11 is 0. The highest BCUT2D eigenvalue weighted by atomic mass is 32.2. The first-order valence-electron chi connectivity index (χ1n) is 8.84. The van der Waals surface area contributed by atoms with Crippen molar-refractivity contribution in [3.63, 3.8) is 0 Å². The van der Waals surface area contributed by atoms with Gasteiger partial charge >= 0.3 is 0 Å². The summed E-state index contributed by atoms with van der Waals surface area (Å²) in [6, 6.07) is 13.9. The second-order valence-corrected chi connectivity index (χ2v) is 7.54. The quantitative estimate of drug-likeness (QED) is 0.439. The number of benzene rings is 2. The van der Waals surface area contributed by atoms with Crippen LogP contribution < -0.4 is 4.74 Å². The average Bonchev–Trinajstić information content (AvgIpc) is 2.59. The number of rotatable bonds is 10. The third kappa shape index (κ3) is 6.18. The van der Waals surface area contributed by atoms with Crippen molar-refractivity contribution in [2.45, 2.75) is 56.8 Å². The number of para-hydroxylation sites is 2. The first kappa shape index (κ1) is 19.5. The molecule has 0 atom stereocenters. The molecule has 2 rings (SSSR count). The fourth-order valence-electron chi connectivity index (χ4n) is 2.78. The van der Waals surface area contributed by atoms with Crippen LogP contribution in [-0.4, -0.2) is 13.0 Å². The van der Waals surface area contributed by atoms with Gasteiger partial charge in [0.05, 0.1) is 0 Å². The molecular formula is C20H26O4S. The van der Waals surface area contributed by atoms with Gasteiger partial charge in [-0.25, -0.2) is 0 Å². The van der Waals surface area contributed by atoms with Crippen molar-refractivity contribution >= 4 is 10.1 Å². The van der Waals surface area contributed by atoms with Crippen molar-refractivity contribution in [3.8, 4) is 11.5 Å². The van der Waals surface area contributed by atoms with Gasteiger partial charge in [0.15, 0.2) is 5.75 Å². The molecule has 0 aromatic heterocycles. The van der Waals surface area contributed by atoms with E-state index in [1.807, 2.05) is 24.3 Å². The van der Waals surface area contributed by atoms with E-state index in [1.54, 1.807) is 18.2 Å². The Hall–Kier alpha value is -1.85. The van der Waals surface area contributed by atoms with E-state index in [0.29, 0.717) is 5.75 Å². The van der Waals surface area contributed by atoms with Gasteiger partial charge in [-0.3, -0.25) is 4.55 Å². The molecule has 0 spiro atoms. The molecule has 25 heavy (non-hydrogen) atoms. The Morgan fingerprint density at radius 3 is 2.24 bits per heavy atom. The monoisotopic (exact) mass is 362 g/mol. The molecule has 0 bridgehead atoms. The molecule has 0 aliphatic rings. The zero-order valence-electron chi connectivity index (χ0n) is 14.6. The van der Waals surface area contributed by atoms with Gasteiger partial charge in [0.2, 0.25) is 0 Å². The largest absolute Gasteiger partial charge is 0.456 e. The third-order valence-electron chi connectivity index (χ3n) is 4.10. The molecule has 5 heteroatoms. The minimum Gasteiger partial charge on any atom is -0.456 e. The summed E-state index contributed by atoms with van der Waals surface area (Å²) in [5, 5.41) is 0. The van der Waals surface area contributed by atoms with E-state index in [2.05, 4.69) is 6.92 Å². The summed E-state index contributed by atoms with van der Waals surface area (Å²) in [5.74, 6) is 0.771. The van der Waals surface area contributed by atoms with E-state index in [-0.39, 0.29) is 10.6 Å².